The van der Waals surface area contributed by atoms with Crippen LogP contribution in [0.5, 0.6) is 0 Å². The Morgan fingerprint density at radius 2 is 1.93 bits per heavy atom. The van der Waals surface area contributed by atoms with Crippen LogP contribution in [0.4, 0.5) is 5.82 Å². The zero-order valence-corrected chi connectivity index (χ0v) is 16.8. The van der Waals surface area contributed by atoms with E-state index in [-0.39, 0.29) is 5.97 Å². The Morgan fingerprint density at radius 3 is 2.63 bits per heavy atom. The largest absolute Gasteiger partial charge is 0.465 e. The third-order valence-corrected chi connectivity index (χ3v) is 5.64. The standard InChI is InChI=1S/C21H22BrN3O2/c1-27-21(26)15-11-12-25-18(13-15)24-19(14-7-9-16(22)10-8-14)20(25)23-17-5-3-2-4-6-17/h7-13,17,23H,2-6H2,1H3. The molecule has 0 spiro atoms. The van der Waals surface area contributed by atoms with Gasteiger partial charge in [0.15, 0.2) is 0 Å². The molecule has 0 aliphatic heterocycles. The number of nitrogens with zero attached hydrogens (tertiary/aromatic N) is 2. The van der Waals surface area contributed by atoms with Crippen LogP contribution in [0.15, 0.2) is 47.1 Å². The van der Waals surface area contributed by atoms with Crippen LogP contribution in [0.2, 0.25) is 0 Å². The summed E-state index contributed by atoms with van der Waals surface area (Å²) in [7, 11) is 1.39. The molecule has 0 radical (unpaired) electrons. The first kappa shape index (κ1) is 18.0. The van der Waals surface area contributed by atoms with E-state index >= 15 is 0 Å². The number of hydrogen-bond acceptors (Lipinski definition) is 4. The summed E-state index contributed by atoms with van der Waals surface area (Å²) in [4.78, 5) is 16.7. The SMILES string of the molecule is COC(=O)c1ccn2c(NC3CCCCC3)c(-c3ccc(Br)cc3)nc2c1. The van der Waals surface area contributed by atoms with Crippen LogP contribution in [0.25, 0.3) is 16.9 Å². The first-order valence-corrected chi connectivity index (χ1v) is 10.1. The van der Waals surface area contributed by atoms with E-state index in [9.17, 15) is 4.79 Å². The molecule has 1 aliphatic rings. The van der Waals surface area contributed by atoms with Gasteiger partial charge in [-0.15, -0.1) is 0 Å². The molecular weight excluding hydrogens is 406 g/mol. The maximum atomic E-state index is 11.9. The molecule has 2 aromatic heterocycles. The monoisotopic (exact) mass is 427 g/mol. The van der Waals surface area contributed by atoms with Crippen LogP contribution in [0, 0.1) is 0 Å². The second-order valence-electron chi connectivity index (χ2n) is 6.93. The Bertz CT molecular complexity index is 959. The van der Waals surface area contributed by atoms with Crippen LogP contribution in [-0.4, -0.2) is 28.5 Å². The first-order chi connectivity index (χ1) is 13.2. The molecule has 1 saturated carbocycles. The lowest BCUT2D eigenvalue weighted by Crippen LogP contribution is -2.23. The number of aromatic nitrogens is 2. The van der Waals surface area contributed by atoms with Gasteiger partial charge in [-0.2, -0.15) is 0 Å². The summed E-state index contributed by atoms with van der Waals surface area (Å²) in [5, 5.41) is 3.72. The van der Waals surface area contributed by atoms with Crippen molar-refractivity contribution in [2.24, 2.45) is 0 Å². The van der Waals surface area contributed by atoms with E-state index < -0.39 is 0 Å². The molecule has 0 unspecified atom stereocenters. The summed E-state index contributed by atoms with van der Waals surface area (Å²) in [6.45, 7) is 0. The smallest absolute Gasteiger partial charge is 0.338 e. The summed E-state index contributed by atoms with van der Waals surface area (Å²) in [6, 6.07) is 12.2. The van der Waals surface area contributed by atoms with Crippen LogP contribution in [0.1, 0.15) is 42.5 Å². The number of halogens is 1. The van der Waals surface area contributed by atoms with Gasteiger partial charge >= 0.3 is 5.97 Å². The number of methoxy groups -OCH3 is 1. The van der Waals surface area contributed by atoms with Gasteiger partial charge in [-0.25, -0.2) is 9.78 Å². The lowest BCUT2D eigenvalue weighted by molar-refractivity contribution is 0.0600. The van der Waals surface area contributed by atoms with Crippen molar-refractivity contribution in [3.05, 3.63) is 52.6 Å². The van der Waals surface area contributed by atoms with E-state index in [0.717, 1.165) is 27.2 Å². The number of ether oxygens (including phenoxy) is 1. The van der Waals surface area contributed by atoms with Gasteiger partial charge in [0.2, 0.25) is 0 Å². The second-order valence-corrected chi connectivity index (χ2v) is 7.85. The van der Waals surface area contributed by atoms with Gasteiger partial charge in [-0.1, -0.05) is 47.3 Å². The zero-order chi connectivity index (χ0) is 18.8. The van der Waals surface area contributed by atoms with Crippen LogP contribution < -0.4 is 5.32 Å². The molecule has 140 valence electrons. The Balaban J connectivity index is 1.81. The Morgan fingerprint density at radius 1 is 1.19 bits per heavy atom. The number of imidazole rings is 1. The average Bonchev–Trinajstić information content (AvgIpc) is 3.06. The number of benzene rings is 1. The summed E-state index contributed by atoms with van der Waals surface area (Å²) >= 11 is 3.49. The molecule has 2 heterocycles. The maximum Gasteiger partial charge on any atom is 0.338 e. The second kappa shape index (κ2) is 7.72. The van der Waals surface area contributed by atoms with Gasteiger partial charge in [0.05, 0.1) is 12.7 Å². The van der Waals surface area contributed by atoms with Crippen LogP contribution in [-0.2, 0) is 4.74 Å². The molecule has 1 aliphatic carbocycles. The minimum Gasteiger partial charge on any atom is -0.465 e. The number of nitrogens with one attached hydrogen (secondary N) is 1. The Labute approximate surface area is 166 Å². The van der Waals surface area contributed by atoms with Crippen LogP contribution in [0.3, 0.4) is 0 Å². The molecule has 4 rings (SSSR count). The highest BCUT2D eigenvalue weighted by molar-refractivity contribution is 9.10. The predicted molar refractivity (Wildman–Crippen MR) is 110 cm³/mol. The fourth-order valence-corrected chi connectivity index (χ4v) is 3.94. The van der Waals surface area contributed by atoms with Crippen molar-refractivity contribution < 1.29 is 9.53 Å². The van der Waals surface area contributed by atoms with E-state index in [1.807, 2.05) is 22.7 Å². The molecule has 6 heteroatoms. The van der Waals surface area contributed by atoms with Crippen molar-refractivity contribution in [1.29, 1.82) is 0 Å². The van der Waals surface area contributed by atoms with Crippen LogP contribution >= 0.6 is 15.9 Å². The molecule has 1 aromatic carbocycles. The molecule has 0 atom stereocenters. The Hall–Kier alpha value is -2.34. The lowest BCUT2D eigenvalue weighted by atomic mass is 9.95. The van der Waals surface area contributed by atoms with Gasteiger partial charge in [0.25, 0.3) is 0 Å². The first-order valence-electron chi connectivity index (χ1n) is 9.28. The number of hydrogen-bond donors (Lipinski definition) is 1. The molecule has 0 bridgehead atoms. The highest BCUT2D eigenvalue weighted by Crippen LogP contribution is 2.32. The molecule has 0 amide bonds. The molecule has 3 aromatic rings. The third kappa shape index (κ3) is 3.72. The third-order valence-electron chi connectivity index (χ3n) is 5.11. The topological polar surface area (TPSA) is 55.6 Å². The van der Waals surface area contributed by atoms with Crippen molar-refractivity contribution >= 4 is 33.4 Å². The highest BCUT2D eigenvalue weighted by Gasteiger charge is 2.20. The Kier molecular flexibility index (Phi) is 5.16. The maximum absolute atomic E-state index is 11.9. The van der Waals surface area contributed by atoms with Gasteiger partial charge < -0.3 is 10.1 Å². The molecule has 1 fully saturated rings. The van der Waals surface area contributed by atoms with Gasteiger partial charge in [-0.05, 0) is 37.1 Å². The molecule has 1 N–H and O–H groups in total. The summed E-state index contributed by atoms with van der Waals surface area (Å²) in [5.41, 5.74) is 3.17. The van der Waals surface area contributed by atoms with E-state index in [1.165, 1.54) is 39.2 Å². The fraction of sp³-hybridized carbons (Fsp3) is 0.333. The van der Waals surface area contributed by atoms with Gasteiger partial charge in [0, 0.05) is 22.3 Å². The van der Waals surface area contributed by atoms with Crippen molar-refractivity contribution in [3.8, 4) is 11.3 Å². The predicted octanol–water partition coefficient (Wildman–Crippen LogP) is 5.30. The molecule has 27 heavy (non-hydrogen) atoms. The summed E-state index contributed by atoms with van der Waals surface area (Å²) in [5.74, 6) is 0.628. The minimum absolute atomic E-state index is 0.354. The van der Waals surface area contributed by atoms with Gasteiger partial charge in [-0.3, -0.25) is 4.40 Å². The van der Waals surface area contributed by atoms with Crippen molar-refractivity contribution in [1.82, 2.24) is 9.38 Å². The molecule has 5 nitrogen and oxygen atoms in total. The van der Waals surface area contributed by atoms with E-state index in [0.29, 0.717) is 11.6 Å². The summed E-state index contributed by atoms with van der Waals surface area (Å²) < 4.78 is 7.90. The number of esters is 1. The van der Waals surface area contributed by atoms with E-state index in [4.69, 9.17) is 9.72 Å². The van der Waals surface area contributed by atoms with Crippen molar-refractivity contribution in [3.63, 3.8) is 0 Å². The lowest BCUT2D eigenvalue weighted by Gasteiger charge is -2.24. The molecule has 0 saturated heterocycles. The number of rotatable bonds is 4. The quantitative estimate of drug-likeness (QED) is 0.574. The minimum atomic E-state index is -0.354. The van der Waals surface area contributed by atoms with Crippen molar-refractivity contribution in [2.45, 2.75) is 38.1 Å². The number of anilines is 1. The highest BCUT2D eigenvalue weighted by atomic mass is 79.9. The molecular formula is C21H22BrN3O2. The number of pyridine rings is 1. The number of carbonyl (C=O) groups is 1. The van der Waals surface area contributed by atoms with Gasteiger partial charge in [0.1, 0.15) is 17.2 Å². The van der Waals surface area contributed by atoms with Crippen molar-refractivity contribution in [2.75, 3.05) is 12.4 Å². The van der Waals surface area contributed by atoms with E-state index in [1.54, 1.807) is 12.1 Å². The average molecular weight is 428 g/mol. The zero-order valence-electron chi connectivity index (χ0n) is 15.2. The van der Waals surface area contributed by atoms with E-state index in [2.05, 4.69) is 33.4 Å². The number of carbonyl (C=O) groups excluding carboxylic acids is 1. The summed E-state index contributed by atoms with van der Waals surface area (Å²) in [6.07, 6.45) is 8.07. The normalized spacial score (nSPS) is 15.0. The number of fused-ring (bicyclic) bond motifs is 1. The fourth-order valence-electron chi connectivity index (χ4n) is 3.68.